The summed E-state index contributed by atoms with van der Waals surface area (Å²) < 4.78 is 23.5. The van der Waals surface area contributed by atoms with Crippen molar-refractivity contribution in [3.05, 3.63) is 78.1 Å². The third kappa shape index (κ3) is 7.35. The van der Waals surface area contributed by atoms with E-state index in [0.717, 1.165) is 5.56 Å². The number of ether oxygens (including phenoxy) is 1. The van der Waals surface area contributed by atoms with Crippen LogP contribution in [0, 0.1) is 5.82 Å². The number of hydrogen-bond donors (Lipinski definition) is 2. The third-order valence-corrected chi connectivity index (χ3v) is 4.37. The second-order valence-corrected chi connectivity index (χ2v) is 6.81. The third-order valence-electron chi connectivity index (χ3n) is 4.37. The fraction of sp³-hybridized carbons (Fsp3) is 0.217. The smallest absolute Gasteiger partial charge is 0.321 e. The first kappa shape index (κ1) is 22.7. The average molecular weight is 439 g/mol. The predicted octanol–water partition coefficient (Wildman–Crippen LogP) is 3.37. The summed E-state index contributed by atoms with van der Waals surface area (Å²) in [5.74, 6) is -0.615. The lowest BCUT2D eigenvalue weighted by Gasteiger charge is -2.07. The van der Waals surface area contributed by atoms with Crippen LogP contribution in [0.1, 0.15) is 24.3 Å². The summed E-state index contributed by atoms with van der Waals surface area (Å²) in [7, 11) is 0. The zero-order valence-electron chi connectivity index (χ0n) is 17.2. The molecular formula is C23H22FN3O5. The molecule has 2 N–H and O–H groups in total. The molecule has 0 fully saturated rings. The summed E-state index contributed by atoms with van der Waals surface area (Å²) in [4.78, 5) is 39.4. The van der Waals surface area contributed by atoms with E-state index < -0.39 is 17.9 Å². The van der Waals surface area contributed by atoms with E-state index in [4.69, 9.17) is 9.15 Å². The number of nitrogens with zero attached hydrogens (tertiary/aromatic N) is 1. The van der Waals surface area contributed by atoms with Crippen LogP contribution in [0.4, 0.5) is 9.18 Å². The first-order valence-electron chi connectivity index (χ1n) is 9.97. The highest BCUT2D eigenvalue weighted by atomic mass is 19.1. The number of benzene rings is 2. The number of imide groups is 1. The standard InChI is InChI=1S/C23H22FN3O5/c24-18-8-6-17(7-9-18)19-15-25-21(32-19)10-11-22(29)31-13-12-20(28)27-23(30)26-14-16-4-2-1-3-5-16/h1-9,15H,10-14H2,(H2,26,27,28,30). The number of oxazole rings is 1. The average Bonchev–Trinajstić information content (AvgIpc) is 3.26. The second kappa shape index (κ2) is 11.4. The van der Waals surface area contributed by atoms with Gasteiger partial charge in [-0.1, -0.05) is 30.3 Å². The highest BCUT2D eigenvalue weighted by molar-refractivity contribution is 5.94. The van der Waals surface area contributed by atoms with Gasteiger partial charge in [-0.2, -0.15) is 0 Å². The predicted molar refractivity (Wildman–Crippen MR) is 113 cm³/mol. The molecule has 0 aliphatic carbocycles. The Morgan fingerprint density at radius 3 is 2.50 bits per heavy atom. The van der Waals surface area contributed by atoms with Gasteiger partial charge >= 0.3 is 12.0 Å². The molecule has 3 rings (SSSR count). The van der Waals surface area contributed by atoms with Crippen LogP contribution in [0.25, 0.3) is 11.3 Å². The van der Waals surface area contributed by atoms with Crippen LogP contribution < -0.4 is 10.6 Å². The molecule has 0 saturated carbocycles. The number of carbonyl (C=O) groups excluding carboxylic acids is 3. The maximum absolute atomic E-state index is 13.0. The van der Waals surface area contributed by atoms with Crippen molar-refractivity contribution in [3.63, 3.8) is 0 Å². The van der Waals surface area contributed by atoms with Crippen LogP contribution in [0.3, 0.4) is 0 Å². The van der Waals surface area contributed by atoms with Gasteiger partial charge in [0.2, 0.25) is 5.91 Å². The van der Waals surface area contributed by atoms with Gasteiger partial charge < -0.3 is 14.5 Å². The molecule has 8 nitrogen and oxygen atoms in total. The zero-order valence-corrected chi connectivity index (χ0v) is 17.2. The number of rotatable bonds is 9. The summed E-state index contributed by atoms with van der Waals surface area (Å²) in [5.41, 5.74) is 1.58. The molecule has 1 aromatic heterocycles. The molecule has 0 atom stereocenters. The van der Waals surface area contributed by atoms with Crippen LogP contribution in [0.2, 0.25) is 0 Å². The van der Waals surface area contributed by atoms with Gasteiger partial charge in [0.1, 0.15) is 12.4 Å². The Labute approximate surface area is 183 Å². The maximum atomic E-state index is 13.0. The number of aromatic nitrogens is 1. The van der Waals surface area contributed by atoms with E-state index in [1.807, 2.05) is 30.3 Å². The summed E-state index contributed by atoms with van der Waals surface area (Å²) in [6.07, 6.45) is 1.59. The van der Waals surface area contributed by atoms with Gasteiger partial charge in [0.05, 0.1) is 19.0 Å². The molecule has 0 aliphatic heterocycles. The minimum atomic E-state index is -0.619. The maximum Gasteiger partial charge on any atom is 0.321 e. The quantitative estimate of drug-likeness (QED) is 0.495. The van der Waals surface area contributed by atoms with Crippen LogP contribution in [0.15, 0.2) is 65.2 Å². The van der Waals surface area contributed by atoms with E-state index in [-0.39, 0.29) is 31.7 Å². The van der Waals surface area contributed by atoms with Crippen molar-refractivity contribution in [2.75, 3.05) is 6.61 Å². The van der Waals surface area contributed by atoms with Crippen molar-refractivity contribution < 1.29 is 27.9 Å². The Hall–Kier alpha value is -4.01. The minimum Gasteiger partial charge on any atom is -0.465 e. The van der Waals surface area contributed by atoms with Gasteiger partial charge in [-0.05, 0) is 29.8 Å². The van der Waals surface area contributed by atoms with Crippen molar-refractivity contribution in [1.29, 1.82) is 0 Å². The van der Waals surface area contributed by atoms with Crippen LogP contribution in [-0.2, 0) is 27.3 Å². The van der Waals surface area contributed by atoms with Gasteiger partial charge in [-0.25, -0.2) is 14.2 Å². The Bertz CT molecular complexity index is 1050. The monoisotopic (exact) mass is 439 g/mol. The van der Waals surface area contributed by atoms with E-state index >= 15 is 0 Å². The highest BCUT2D eigenvalue weighted by Gasteiger charge is 2.12. The highest BCUT2D eigenvalue weighted by Crippen LogP contribution is 2.21. The molecule has 3 aromatic rings. The molecular weight excluding hydrogens is 417 g/mol. The van der Waals surface area contributed by atoms with Crippen LogP contribution in [0.5, 0.6) is 0 Å². The number of halogens is 1. The number of carbonyl (C=O) groups is 3. The second-order valence-electron chi connectivity index (χ2n) is 6.81. The van der Waals surface area contributed by atoms with Crippen molar-refractivity contribution in [3.8, 4) is 11.3 Å². The largest absolute Gasteiger partial charge is 0.465 e. The van der Waals surface area contributed by atoms with Gasteiger partial charge in [0.25, 0.3) is 0 Å². The number of aryl methyl sites for hydroxylation is 1. The molecule has 32 heavy (non-hydrogen) atoms. The fourth-order valence-electron chi connectivity index (χ4n) is 2.72. The molecule has 0 aliphatic rings. The lowest BCUT2D eigenvalue weighted by molar-refractivity contribution is -0.144. The molecule has 3 amide bonds. The number of amides is 3. The number of hydrogen-bond acceptors (Lipinski definition) is 6. The van der Waals surface area contributed by atoms with E-state index in [1.165, 1.54) is 18.3 Å². The first-order valence-corrected chi connectivity index (χ1v) is 9.97. The molecule has 2 aromatic carbocycles. The van der Waals surface area contributed by atoms with Crippen molar-refractivity contribution >= 4 is 17.9 Å². The normalized spacial score (nSPS) is 10.4. The Balaban J connectivity index is 1.31. The molecule has 0 spiro atoms. The Morgan fingerprint density at radius 2 is 1.75 bits per heavy atom. The molecule has 1 heterocycles. The molecule has 0 radical (unpaired) electrons. The summed E-state index contributed by atoms with van der Waals surface area (Å²) >= 11 is 0. The van der Waals surface area contributed by atoms with Gasteiger partial charge in [-0.15, -0.1) is 0 Å². The zero-order chi connectivity index (χ0) is 22.8. The van der Waals surface area contributed by atoms with Crippen LogP contribution in [-0.4, -0.2) is 29.5 Å². The Morgan fingerprint density at radius 1 is 1.00 bits per heavy atom. The lowest BCUT2D eigenvalue weighted by Crippen LogP contribution is -2.39. The molecule has 0 saturated heterocycles. The summed E-state index contributed by atoms with van der Waals surface area (Å²) in [6.45, 7) is 0.141. The van der Waals surface area contributed by atoms with Crippen LogP contribution >= 0.6 is 0 Å². The van der Waals surface area contributed by atoms with Gasteiger partial charge in [0.15, 0.2) is 11.7 Å². The van der Waals surface area contributed by atoms with E-state index in [0.29, 0.717) is 23.8 Å². The minimum absolute atomic E-state index is 0.0164. The molecule has 9 heteroatoms. The summed E-state index contributed by atoms with van der Waals surface area (Å²) in [6, 6.07) is 14.4. The Kier molecular flexibility index (Phi) is 8.08. The molecule has 166 valence electrons. The fourth-order valence-corrected chi connectivity index (χ4v) is 2.72. The van der Waals surface area contributed by atoms with Crippen molar-refractivity contribution in [2.45, 2.75) is 25.8 Å². The number of nitrogens with one attached hydrogen (secondary N) is 2. The van der Waals surface area contributed by atoms with E-state index in [2.05, 4.69) is 15.6 Å². The van der Waals surface area contributed by atoms with Crippen molar-refractivity contribution in [2.24, 2.45) is 0 Å². The number of esters is 1. The van der Waals surface area contributed by atoms with Gasteiger partial charge in [0, 0.05) is 18.5 Å². The van der Waals surface area contributed by atoms with E-state index in [1.54, 1.807) is 12.1 Å². The SMILES string of the molecule is O=C(CCOC(=O)CCc1ncc(-c2ccc(F)cc2)o1)NC(=O)NCc1ccccc1. The van der Waals surface area contributed by atoms with Gasteiger partial charge in [-0.3, -0.25) is 14.9 Å². The topological polar surface area (TPSA) is 111 Å². The van der Waals surface area contributed by atoms with Crippen molar-refractivity contribution in [1.82, 2.24) is 15.6 Å². The van der Waals surface area contributed by atoms with E-state index in [9.17, 15) is 18.8 Å². The first-order chi connectivity index (χ1) is 15.5. The lowest BCUT2D eigenvalue weighted by atomic mass is 10.2. The molecule has 0 unspecified atom stereocenters. The molecule has 0 bridgehead atoms. The summed E-state index contributed by atoms with van der Waals surface area (Å²) in [5, 5.41) is 4.74. The number of urea groups is 1.